The molecule has 7 heteroatoms. The molecular formula is C27H23F3N4. The summed E-state index contributed by atoms with van der Waals surface area (Å²) in [6.07, 6.45) is 0.601. The number of nitrogens with zero attached hydrogens (tertiary/aromatic N) is 4. The van der Waals surface area contributed by atoms with Crippen molar-refractivity contribution in [3.63, 3.8) is 0 Å². The summed E-state index contributed by atoms with van der Waals surface area (Å²) in [5, 5.41) is 10.3. The van der Waals surface area contributed by atoms with E-state index >= 15 is 0 Å². The molecule has 2 aromatic carbocycles. The number of anilines is 1. The van der Waals surface area contributed by atoms with Crippen molar-refractivity contribution in [1.82, 2.24) is 9.55 Å². The van der Waals surface area contributed by atoms with Gasteiger partial charge in [0.25, 0.3) is 0 Å². The van der Waals surface area contributed by atoms with Crippen LogP contribution < -0.4 is 4.90 Å². The first kappa shape index (κ1) is 22.0. The topological polar surface area (TPSA) is 44.9 Å². The van der Waals surface area contributed by atoms with Gasteiger partial charge in [-0.2, -0.15) is 18.4 Å². The van der Waals surface area contributed by atoms with Crippen LogP contribution in [0.5, 0.6) is 0 Å². The monoisotopic (exact) mass is 460 g/mol. The fraction of sp³-hybridized carbons (Fsp3) is 0.259. The highest BCUT2D eigenvalue weighted by atomic mass is 19.4. The molecule has 34 heavy (non-hydrogen) atoms. The van der Waals surface area contributed by atoms with Gasteiger partial charge in [-0.05, 0) is 60.2 Å². The molecule has 1 aliphatic rings. The van der Waals surface area contributed by atoms with Crippen LogP contribution in [-0.4, -0.2) is 22.6 Å². The lowest BCUT2D eigenvalue weighted by atomic mass is 9.89. The minimum Gasteiger partial charge on any atom is -0.357 e. The minimum atomic E-state index is -4.37. The van der Waals surface area contributed by atoms with Gasteiger partial charge in [-0.15, -0.1) is 0 Å². The van der Waals surface area contributed by atoms with Crippen LogP contribution in [0, 0.1) is 11.3 Å². The summed E-state index contributed by atoms with van der Waals surface area (Å²) in [5.74, 6) is 0.965. The van der Waals surface area contributed by atoms with E-state index in [9.17, 15) is 13.2 Å². The van der Waals surface area contributed by atoms with Crippen LogP contribution in [0.2, 0.25) is 0 Å². The van der Waals surface area contributed by atoms with Crippen LogP contribution in [0.4, 0.5) is 19.0 Å². The van der Waals surface area contributed by atoms with Crippen LogP contribution in [0.1, 0.15) is 41.0 Å². The number of hydrogen-bond acceptors (Lipinski definition) is 3. The van der Waals surface area contributed by atoms with Gasteiger partial charge in [-0.3, -0.25) is 0 Å². The molecule has 1 fully saturated rings. The summed E-state index contributed by atoms with van der Waals surface area (Å²) in [6, 6.07) is 20.8. The predicted molar refractivity (Wildman–Crippen MR) is 126 cm³/mol. The molecule has 5 rings (SSSR count). The van der Waals surface area contributed by atoms with E-state index in [0.717, 1.165) is 50.3 Å². The fourth-order valence-electron chi connectivity index (χ4n) is 4.77. The average Bonchev–Trinajstić information content (AvgIpc) is 3.22. The van der Waals surface area contributed by atoms with E-state index in [-0.39, 0.29) is 0 Å². The summed E-state index contributed by atoms with van der Waals surface area (Å²) in [5.41, 5.74) is 3.55. The van der Waals surface area contributed by atoms with Crippen LogP contribution in [0.15, 0.2) is 73.1 Å². The average molecular weight is 461 g/mol. The standard InChI is InChI=1S/C27H23F3N4/c28-27(29,30)22-9-10-26(32-16-22)33-13-11-21(12-14-33)24-18-34(25-4-2-1-3-23(24)25)17-20-7-5-19(15-31)6-8-20/h1-10,16,18,21H,11-14,17H2. The van der Waals surface area contributed by atoms with Gasteiger partial charge in [-0.25, -0.2) is 4.98 Å². The van der Waals surface area contributed by atoms with E-state index in [1.54, 1.807) is 0 Å². The van der Waals surface area contributed by atoms with Gasteiger partial charge in [0.2, 0.25) is 0 Å². The van der Waals surface area contributed by atoms with Crippen LogP contribution in [-0.2, 0) is 12.7 Å². The highest BCUT2D eigenvalue weighted by molar-refractivity contribution is 5.84. The molecule has 1 saturated heterocycles. The number of aromatic nitrogens is 2. The first-order valence-corrected chi connectivity index (χ1v) is 11.3. The zero-order valence-electron chi connectivity index (χ0n) is 18.5. The van der Waals surface area contributed by atoms with Gasteiger partial charge >= 0.3 is 6.18 Å². The molecule has 0 radical (unpaired) electrons. The minimum absolute atomic E-state index is 0.373. The Morgan fingerprint density at radius 2 is 1.71 bits per heavy atom. The van der Waals surface area contributed by atoms with E-state index in [1.165, 1.54) is 22.5 Å². The Morgan fingerprint density at radius 1 is 0.971 bits per heavy atom. The molecule has 0 N–H and O–H groups in total. The Balaban J connectivity index is 1.33. The van der Waals surface area contributed by atoms with Gasteiger partial charge < -0.3 is 9.47 Å². The lowest BCUT2D eigenvalue weighted by Crippen LogP contribution is -2.33. The van der Waals surface area contributed by atoms with Gasteiger partial charge in [0.05, 0.1) is 17.2 Å². The second-order valence-corrected chi connectivity index (χ2v) is 8.70. The normalized spacial score (nSPS) is 14.9. The quantitative estimate of drug-likeness (QED) is 0.356. The van der Waals surface area contributed by atoms with Gasteiger partial charge in [0, 0.05) is 42.9 Å². The van der Waals surface area contributed by atoms with Crippen molar-refractivity contribution >= 4 is 16.7 Å². The lowest BCUT2D eigenvalue weighted by Gasteiger charge is -2.33. The second-order valence-electron chi connectivity index (χ2n) is 8.70. The zero-order valence-corrected chi connectivity index (χ0v) is 18.5. The Bertz CT molecular complexity index is 1320. The van der Waals surface area contributed by atoms with E-state index in [0.29, 0.717) is 17.3 Å². The Morgan fingerprint density at radius 3 is 2.35 bits per heavy atom. The summed E-state index contributed by atoms with van der Waals surface area (Å²) < 4.78 is 40.8. The summed E-state index contributed by atoms with van der Waals surface area (Å²) in [4.78, 5) is 6.12. The predicted octanol–water partition coefficient (Wildman–Crippen LogP) is 6.36. The molecule has 2 aromatic heterocycles. The van der Waals surface area contributed by atoms with Crippen molar-refractivity contribution in [3.05, 3.63) is 95.3 Å². The summed E-state index contributed by atoms with van der Waals surface area (Å²) in [7, 11) is 0. The third kappa shape index (κ3) is 4.36. The molecule has 0 atom stereocenters. The molecule has 172 valence electrons. The van der Waals surface area contributed by atoms with Crippen LogP contribution >= 0.6 is 0 Å². The first-order valence-electron chi connectivity index (χ1n) is 11.3. The highest BCUT2D eigenvalue weighted by Crippen LogP contribution is 2.36. The van der Waals surface area contributed by atoms with Gasteiger partial charge in [0.1, 0.15) is 5.82 Å². The maximum Gasteiger partial charge on any atom is 0.417 e. The first-order chi connectivity index (χ1) is 16.4. The maximum absolute atomic E-state index is 12.8. The van der Waals surface area contributed by atoms with E-state index in [4.69, 9.17) is 5.26 Å². The van der Waals surface area contributed by atoms with Gasteiger partial charge in [0.15, 0.2) is 0 Å². The molecule has 0 saturated carbocycles. The number of halogens is 3. The molecule has 4 nitrogen and oxygen atoms in total. The second kappa shape index (κ2) is 8.86. The Hall–Kier alpha value is -3.79. The number of pyridine rings is 1. The number of alkyl halides is 3. The zero-order chi connectivity index (χ0) is 23.7. The lowest BCUT2D eigenvalue weighted by molar-refractivity contribution is -0.137. The number of para-hydroxylation sites is 1. The molecule has 0 amide bonds. The maximum atomic E-state index is 12.8. The third-order valence-electron chi connectivity index (χ3n) is 6.59. The molecular weight excluding hydrogens is 437 g/mol. The van der Waals surface area contributed by atoms with Crippen molar-refractivity contribution in [2.45, 2.75) is 31.5 Å². The molecule has 0 spiro atoms. The van der Waals surface area contributed by atoms with E-state index in [2.05, 4.69) is 44.9 Å². The highest BCUT2D eigenvalue weighted by Gasteiger charge is 2.31. The Labute approximate surface area is 195 Å². The molecule has 1 aliphatic heterocycles. The molecule has 4 aromatic rings. The van der Waals surface area contributed by atoms with E-state index in [1.807, 2.05) is 30.3 Å². The number of benzene rings is 2. The van der Waals surface area contributed by atoms with Crippen molar-refractivity contribution in [1.29, 1.82) is 5.26 Å². The fourth-order valence-corrected chi connectivity index (χ4v) is 4.77. The van der Waals surface area contributed by atoms with E-state index < -0.39 is 11.7 Å². The summed E-state index contributed by atoms with van der Waals surface area (Å²) >= 11 is 0. The Kier molecular flexibility index (Phi) is 5.74. The SMILES string of the molecule is N#Cc1ccc(Cn2cc(C3CCN(c4ccc(C(F)(F)F)cn4)CC3)c3ccccc32)cc1. The number of piperidine rings is 1. The number of rotatable bonds is 4. The number of fused-ring (bicyclic) bond motifs is 1. The van der Waals surface area contributed by atoms with Crippen molar-refractivity contribution in [3.8, 4) is 6.07 Å². The number of nitriles is 1. The van der Waals surface area contributed by atoms with Crippen molar-refractivity contribution < 1.29 is 13.2 Å². The molecule has 0 unspecified atom stereocenters. The molecule has 0 aliphatic carbocycles. The third-order valence-corrected chi connectivity index (χ3v) is 6.59. The molecule has 3 heterocycles. The van der Waals surface area contributed by atoms with Gasteiger partial charge in [-0.1, -0.05) is 30.3 Å². The van der Waals surface area contributed by atoms with Crippen LogP contribution in [0.25, 0.3) is 10.9 Å². The van der Waals surface area contributed by atoms with Crippen molar-refractivity contribution in [2.75, 3.05) is 18.0 Å². The summed E-state index contributed by atoms with van der Waals surface area (Å²) in [6.45, 7) is 2.22. The van der Waals surface area contributed by atoms with Crippen LogP contribution in [0.3, 0.4) is 0 Å². The smallest absolute Gasteiger partial charge is 0.357 e. The number of hydrogen-bond donors (Lipinski definition) is 0. The molecule has 0 bridgehead atoms. The van der Waals surface area contributed by atoms with Crippen molar-refractivity contribution in [2.24, 2.45) is 0 Å². The largest absolute Gasteiger partial charge is 0.417 e.